The fourth-order valence-corrected chi connectivity index (χ4v) is 1.79. The molecule has 0 amide bonds. The van der Waals surface area contributed by atoms with Crippen LogP contribution < -0.4 is 10.5 Å². The molecule has 0 spiro atoms. The van der Waals surface area contributed by atoms with E-state index in [2.05, 4.69) is 0 Å². The number of benzene rings is 1. The van der Waals surface area contributed by atoms with Crippen LogP contribution in [0.5, 0.6) is 5.75 Å². The van der Waals surface area contributed by atoms with Gasteiger partial charge >= 0.3 is 0 Å². The second-order valence-electron chi connectivity index (χ2n) is 3.75. The van der Waals surface area contributed by atoms with Crippen LogP contribution in [0.1, 0.15) is 24.2 Å². The topological polar surface area (TPSA) is 55.5 Å². The maximum atomic E-state index is 9.56. The highest BCUT2D eigenvalue weighted by Gasteiger charge is 2.19. The molecule has 0 bridgehead atoms. The molecule has 14 heavy (non-hydrogen) atoms. The Balaban J connectivity index is 2.28. The Bertz CT molecular complexity index is 338. The van der Waals surface area contributed by atoms with Crippen molar-refractivity contribution in [1.82, 2.24) is 0 Å². The van der Waals surface area contributed by atoms with Crippen LogP contribution in [0.3, 0.4) is 0 Å². The van der Waals surface area contributed by atoms with E-state index in [0.717, 1.165) is 17.7 Å². The Morgan fingerprint density at radius 1 is 1.64 bits per heavy atom. The van der Waals surface area contributed by atoms with Crippen LogP contribution in [-0.4, -0.2) is 17.8 Å². The first-order valence-corrected chi connectivity index (χ1v) is 4.88. The number of aliphatic hydroxyl groups excluding tert-OH is 1. The van der Waals surface area contributed by atoms with Crippen molar-refractivity contribution in [3.8, 4) is 5.75 Å². The first kappa shape index (κ1) is 9.49. The van der Waals surface area contributed by atoms with Crippen LogP contribution >= 0.6 is 0 Å². The molecular weight excluding hydrogens is 178 g/mol. The summed E-state index contributed by atoms with van der Waals surface area (Å²) in [4.78, 5) is 0. The second kappa shape index (κ2) is 3.59. The largest absolute Gasteiger partial charge is 0.490 e. The van der Waals surface area contributed by atoms with Crippen molar-refractivity contribution in [2.45, 2.75) is 25.6 Å². The van der Waals surface area contributed by atoms with Gasteiger partial charge in [0.15, 0.2) is 0 Å². The predicted molar refractivity (Wildman–Crippen MR) is 54.3 cm³/mol. The minimum Gasteiger partial charge on any atom is -0.490 e. The molecule has 3 N–H and O–H groups in total. The maximum Gasteiger partial charge on any atom is 0.123 e. The summed E-state index contributed by atoms with van der Waals surface area (Å²) in [6.45, 7) is 2.30. The molecule has 2 unspecified atom stereocenters. The lowest BCUT2D eigenvalue weighted by molar-refractivity contribution is 0.186. The highest BCUT2D eigenvalue weighted by atomic mass is 16.5. The normalized spacial score (nSPS) is 21.5. The summed E-state index contributed by atoms with van der Waals surface area (Å²) < 4.78 is 5.56. The molecule has 0 saturated heterocycles. The van der Waals surface area contributed by atoms with E-state index in [1.165, 1.54) is 5.56 Å². The lowest BCUT2D eigenvalue weighted by Crippen LogP contribution is -2.11. The lowest BCUT2D eigenvalue weighted by atomic mass is 10.0. The quantitative estimate of drug-likeness (QED) is 0.736. The highest BCUT2D eigenvalue weighted by Crippen LogP contribution is 2.30. The van der Waals surface area contributed by atoms with E-state index in [9.17, 15) is 5.11 Å². The molecule has 0 saturated carbocycles. The molecule has 0 radical (unpaired) electrons. The molecule has 3 nitrogen and oxygen atoms in total. The van der Waals surface area contributed by atoms with Gasteiger partial charge in [0.05, 0.1) is 6.10 Å². The van der Waals surface area contributed by atoms with E-state index < -0.39 is 6.10 Å². The van der Waals surface area contributed by atoms with Crippen molar-refractivity contribution in [1.29, 1.82) is 0 Å². The van der Waals surface area contributed by atoms with E-state index in [1.807, 2.05) is 25.1 Å². The van der Waals surface area contributed by atoms with Crippen molar-refractivity contribution in [3.63, 3.8) is 0 Å². The summed E-state index contributed by atoms with van der Waals surface area (Å²) >= 11 is 0. The molecule has 1 aromatic rings. The Morgan fingerprint density at radius 3 is 3.14 bits per heavy atom. The molecular formula is C11H15NO2. The average Bonchev–Trinajstić information content (AvgIpc) is 2.55. The van der Waals surface area contributed by atoms with E-state index in [0.29, 0.717) is 0 Å². The van der Waals surface area contributed by atoms with Gasteiger partial charge < -0.3 is 15.6 Å². The zero-order valence-corrected chi connectivity index (χ0v) is 8.23. The molecule has 0 aromatic heterocycles. The van der Waals surface area contributed by atoms with Crippen molar-refractivity contribution in [3.05, 3.63) is 29.3 Å². The number of ether oxygens (including phenoxy) is 1. The monoisotopic (exact) mass is 193 g/mol. The Hall–Kier alpha value is -1.06. The fraction of sp³-hybridized carbons (Fsp3) is 0.455. The van der Waals surface area contributed by atoms with Gasteiger partial charge in [-0.05, 0) is 30.2 Å². The van der Waals surface area contributed by atoms with Gasteiger partial charge in [0.2, 0.25) is 0 Å². The molecule has 3 heteroatoms. The summed E-state index contributed by atoms with van der Waals surface area (Å²) in [5, 5.41) is 9.56. The molecule has 1 aromatic carbocycles. The number of rotatable bonds is 2. The third-order valence-electron chi connectivity index (χ3n) is 2.53. The zero-order chi connectivity index (χ0) is 10.1. The highest BCUT2D eigenvalue weighted by molar-refractivity contribution is 5.41. The van der Waals surface area contributed by atoms with Gasteiger partial charge in [-0.1, -0.05) is 6.07 Å². The van der Waals surface area contributed by atoms with Crippen LogP contribution in [0.25, 0.3) is 0 Å². The summed E-state index contributed by atoms with van der Waals surface area (Å²) in [5.41, 5.74) is 7.44. The molecule has 2 rings (SSSR count). The van der Waals surface area contributed by atoms with Gasteiger partial charge in [-0.3, -0.25) is 0 Å². The maximum absolute atomic E-state index is 9.56. The third-order valence-corrected chi connectivity index (χ3v) is 2.53. The first-order chi connectivity index (χ1) is 6.70. The van der Waals surface area contributed by atoms with Gasteiger partial charge in [0.1, 0.15) is 11.9 Å². The van der Waals surface area contributed by atoms with Gasteiger partial charge in [-0.2, -0.15) is 0 Å². The van der Waals surface area contributed by atoms with Gasteiger partial charge in [-0.15, -0.1) is 0 Å². The molecule has 1 heterocycles. The molecule has 1 aliphatic heterocycles. The summed E-state index contributed by atoms with van der Waals surface area (Å²) in [6, 6.07) is 5.76. The van der Waals surface area contributed by atoms with Gasteiger partial charge in [0.25, 0.3) is 0 Å². The third kappa shape index (κ3) is 1.61. The smallest absolute Gasteiger partial charge is 0.123 e. The number of aliphatic hydroxyl groups is 1. The molecule has 1 aliphatic rings. The SMILES string of the molecule is CC1Cc2cc(C(O)CN)ccc2O1. The van der Waals surface area contributed by atoms with E-state index in [1.54, 1.807) is 0 Å². The molecule has 0 aliphatic carbocycles. The van der Waals surface area contributed by atoms with Crippen LogP contribution in [0.2, 0.25) is 0 Å². The number of hydrogen-bond acceptors (Lipinski definition) is 3. The zero-order valence-electron chi connectivity index (χ0n) is 8.23. The van der Waals surface area contributed by atoms with E-state index in [-0.39, 0.29) is 12.6 Å². The fourth-order valence-electron chi connectivity index (χ4n) is 1.79. The Kier molecular flexibility index (Phi) is 2.44. The van der Waals surface area contributed by atoms with Gasteiger partial charge in [-0.25, -0.2) is 0 Å². The predicted octanol–water partition coefficient (Wildman–Crippen LogP) is 1.00. The Labute approximate surface area is 83.5 Å². The standard InChI is InChI=1S/C11H15NO2/c1-7-4-9-5-8(10(13)6-12)2-3-11(9)14-7/h2-3,5,7,10,13H,4,6,12H2,1H3. The van der Waals surface area contributed by atoms with Crippen LogP contribution in [0.15, 0.2) is 18.2 Å². The number of nitrogens with two attached hydrogens (primary N) is 1. The minimum atomic E-state index is -0.559. The average molecular weight is 193 g/mol. The summed E-state index contributed by atoms with van der Waals surface area (Å²) in [7, 11) is 0. The van der Waals surface area contributed by atoms with Crippen LogP contribution in [-0.2, 0) is 6.42 Å². The van der Waals surface area contributed by atoms with Crippen molar-refractivity contribution < 1.29 is 9.84 Å². The second-order valence-corrected chi connectivity index (χ2v) is 3.75. The number of fused-ring (bicyclic) bond motifs is 1. The van der Waals surface area contributed by atoms with Crippen LogP contribution in [0.4, 0.5) is 0 Å². The van der Waals surface area contributed by atoms with Crippen LogP contribution in [0, 0.1) is 0 Å². The molecule has 0 fully saturated rings. The van der Waals surface area contributed by atoms with Crippen molar-refractivity contribution in [2.75, 3.05) is 6.54 Å². The van der Waals surface area contributed by atoms with E-state index >= 15 is 0 Å². The van der Waals surface area contributed by atoms with E-state index in [4.69, 9.17) is 10.5 Å². The summed E-state index contributed by atoms with van der Waals surface area (Å²) in [6.07, 6.45) is 0.604. The molecule has 2 atom stereocenters. The van der Waals surface area contributed by atoms with Crippen molar-refractivity contribution >= 4 is 0 Å². The Morgan fingerprint density at radius 2 is 2.43 bits per heavy atom. The van der Waals surface area contributed by atoms with Crippen molar-refractivity contribution in [2.24, 2.45) is 5.73 Å². The lowest BCUT2D eigenvalue weighted by Gasteiger charge is -2.08. The first-order valence-electron chi connectivity index (χ1n) is 4.88. The van der Waals surface area contributed by atoms with Gasteiger partial charge in [0, 0.05) is 13.0 Å². The number of hydrogen-bond donors (Lipinski definition) is 2. The minimum absolute atomic E-state index is 0.246. The summed E-state index contributed by atoms with van der Waals surface area (Å²) in [5.74, 6) is 0.936. The molecule has 76 valence electrons.